The first-order valence-corrected chi connectivity index (χ1v) is 4.71. The van der Waals surface area contributed by atoms with Crippen molar-refractivity contribution < 1.29 is 0 Å². The second-order valence-corrected chi connectivity index (χ2v) is 3.73. The zero-order chi connectivity index (χ0) is 9.10. The Morgan fingerprint density at radius 1 is 1.23 bits per heavy atom. The van der Waals surface area contributed by atoms with Gasteiger partial charge in [0.15, 0.2) is 0 Å². The Morgan fingerprint density at radius 2 is 2.00 bits per heavy atom. The fraction of sp³-hybridized carbons (Fsp3) is 0. The standard InChI is InChI=1S/C7H5ClN4S/c8-5-1-3-6(4-2-5)13-7-9-11-12-10-7/h1-4H,(H,9,10,11,12). The molecule has 66 valence electrons. The van der Waals surface area contributed by atoms with E-state index in [0.29, 0.717) is 5.16 Å². The van der Waals surface area contributed by atoms with Crippen molar-refractivity contribution in [3.63, 3.8) is 0 Å². The monoisotopic (exact) mass is 212 g/mol. The first-order chi connectivity index (χ1) is 6.34. The molecule has 0 saturated heterocycles. The van der Waals surface area contributed by atoms with E-state index >= 15 is 0 Å². The average molecular weight is 213 g/mol. The first kappa shape index (κ1) is 8.52. The molecule has 0 aliphatic carbocycles. The van der Waals surface area contributed by atoms with Crippen LogP contribution in [0.5, 0.6) is 0 Å². The van der Waals surface area contributed by atoms with E-state index in [-0.39, 0.29) is 0 Å². The van der Waals surface area contributed by atoms with Gasteiger partial charge in [0.25, 0.3) is 0 Å². The first-order valence-electron chi connectivity index (χ1n) is 3.51. The molecule has 0 unspecified atom stereocenters. The number of benzene rings is 1. The molecule has 0 bridgehead atoms. The Kier molecular flexibility index (Phi) is 2.47. The summed E-state index contributed by atoms with van der Waals surface area (Å²) < 4.78 is 0. The molecule has 1 aromatic carbocycles. The molecule has 0 fully saturated rings. The van der Waals surface area contributed by atoms with Crippen molar-refractivity contribution in [2.24, 2.45) is 0 Å². The summed E-state index contributed by atoms with van der Waals surface area (Å²) in [5.74, 6) is 0. The lowest BCUT2D eigenvalue weighted by molar-refractivity contribution is 0.881. The number of nitrogens with one attached hydrogen (secondary N) is 1. The second-order valence-electron chi connectivity index (χ2n) is 2.25. The molecular weight excluding hydrogens is 208 g/mol. The van der Waals surface area contributed by atoms with E-state index in [9.17, 15) is 0 Å². The fourth-order valence-electron chi connectivity index (χ4n) is 0.804. The zero-order valence-electron chi connectivity index (χ0n) is 6.44. The van der Waals surface area contributed by atoms with Crippen molar-refractivity contribution in [1.82, 2.24) is 20.6 Å². The number of tetrazole rings is 1. The van der Waals surface area contributed by atoms with Crippen LogP contribution in [0.2, 0.25) is 5.02 Å². The van der Waals surface area contributed by atoms with E-state index in [1.807, 2.05) is 24.3 Å². The van der Waals surface area contributed by atoms with Gasteiger partial charge in [-0.25, -0.2) is 0 Å². The summed E-state index contributed by atoms with van der Waals surface area (Å²) >= 11 is 7.16. The lowest BCUT2D eigenvalue weighted by atomic mass is 10.4. The molecule has 2 rings (SSSR count). The number of rotatable bonds is 2. The zero-order valence-corrected chi connectivity index (χ0v) is 8.01. The molecule has 0 saturated carbocycles. The van der Waals surface area contributed by atoms with E-state index in [0.717, 1.165) is 9.92 Å². The average Bonchev–Trinajstić information content (AvgIpc) is 2.62. The van der Waals surface area contributed by atoms with E-state index in [1.54, 1.807) is 0 Å². The van der Waals surface area contributed by atoms with Crippen molar-refractivity contribution >= 4 is 23.4 Å². The summed E-state index contributed by atoms with van der Waals surface area (Å²) in [4.78, 5) is 1.03. The minimum Gasteiger partial charge on any atom is -0.176 e. The molecule has 0 amide bonds. The third kappa shape index (κ3) is 2.19. The number of hydrogen-bond donors (Lipinski definition) is 1. The molecule has 1 aromatic heterocycles. The van der Waals surface area contributed by atoms with Crippen LogP contribution in [0.4, 0.5) is 0 Å². The molecule has 1 N–H and O–H groups in total. The lowest BCUT2D eigenvalue weighted by Crippen LogP contribution is -1.75. The van der Waals surface area contributed by atoms with Crippen LogP contribution < -0.4 is 0 Å². The number of nitrogens with zero attached hydrogens (tertiary/aromatic N) is 3. The Bertz CT molecular complexity index is 372. The van der Waals surface area contributed by atoms with Crippen molar-refractivity contribution in [2.45, 2.75) is 10.1 Å². The van der Waals surface area contributed by atoms with Gasteiger partial charge in [0.1, 0.15) is 0 Å². The summed E-state index contributed by atoms with van der Waals surface area (Å²) in [6, 6.07) is 7.46. The van der Waals surface area contributed by atoms with Crippen molar-refractivity contribution in [3.05, 3.63) is 29.3 Å². The summed E-state index contributed by atoms with van der Waals surface area (Å²) in [5, 5.41) is 14.8. The van der Waals surface area contributed by atoms with Crippen LogP contribution in [0, 0.1) is 0 Å². The van der Waals surface area contributed by atoms with Crippen LogP contribution in [0.25, 0.3) is 0 Å². The molecule has 0 atom stereocenters. The topological polar surface area (TPSA) is 54.5 Å². The number of aromatic amines is 1. The van der Waals surface area contributed by atoms with Crippen molar-refractivity contribution in [1.29, 1.82) is 0 Å². The van der Waals surface area contributed by atoms with Crippen molar-refractivity contribution in [3.8, 4) is 0 Å². The number of halogens is 1. The predicted octanol–water partition coefficient (Wildman–Crippen LogP) is 2.00. The summed E-state index contributed by atoms with van der Waals surface area (Å²) in [5.41, 5.74) is 0. The maximum Gasteiger partial charge on any atom is 0.235 e. The van der Waals surface area contributed by atoms with Gasteiger partial charge in [-0.2, -0.15) is 5.21 Å². The van der Waals surface area contributed by atoms with Crippen LogP contribution in [-0.4, -0.2) is 20.6 Å². The largest absolute Gasteiger partial charge is 0.235 e. The maximum absolute atomic E-state index is 5.73. The summed E-state index contributed by atoms with van der Waals surface area (Å²) in [7, 11) is 0. The van der Waals surface area contributed by atoms with Crippen LogP contribution in [0.15, 0.2) is 34.3 Å². The highest BCUT2D eigenvalue weighted by atomic mass is 35.5. The Labute approximate surface area is 83.7 Å². The Balaban J connectivity index is 2.15. The van der Waals surface area contributed by atoms with Gasteiger partial charge in [0.05, 0.1) is 0 Å². The molecule has 13 heavy (non-hydrogen) atoms. The molecule has 0 spiro atoms. The molecule has 0 radical (unpaired) electrons. The minimum atomic E-state index is 0.599. The molecular formula is C7H5ClN4S. The van der Waals surface area contributed by atoms with Gasteiger partial charge in [-0.1, -0.05) is 11.6 Å². The predicted molar refractivity (Wildman–Crippen MR) is 49.8 cm³/mol. The molecule has 2 aromatic rings. The van der Waals surface area contributed by atoms with Crippen LogP contribution in [0.1, 0.15) is 0 Å². The molecule has 1 heterocycles. The van der Waals surface area contributed by atoms with Gasteiger partial charge in [-0.3, -0.25) is 0 Å². The smallest absolute Gasteiger partial charge is 0.176 e. The highest BCUT2D eigenvalue weighted by Crippen LogP contribution is 2.24. The van der Waals surface area contributed by atoms with Gasteiger partial charge >= 0.3 is 0 Å². The fourth-order valence-corrected chi connectivity index (χ4v) is 1.58. The van der Waals surface area contributed by atoms with Gasteiger partial charge in [0.2, 0.25) is 5.16 Å². The third-order valence-corrected chi connectivity index (χ3v) is 2.46. The van der Waals surface area contributed by atoms with E-state index in [4.69, 9.17) is 11.6 Å². The highest BCUT2D eigenvalue weighted by molar-refractivity contribution is 7.99. The molecule has 6 heteroatoms. The normalized spacial score (nSPS) is 10.2. The number of hydrogen-bond acceptors (Lipinski definition) is 4. The van der Waals surface area contributed by atoms with E-state index in [1.165, 1.54) is 11.8 Å². The quantitative estimate of drug-likeness (QED) is 0.828. The highest BCUT2D eigenvalue weighted by Gasteiger charge is 2.00. The molecule has 4 nitrogen and oxygen atoms in total. The Morgan fingerprint density at radius 3 is 2.62 bits per heavy atom. The van der Waals surface area contributed by atoms with Gasteiger partial charge in [-0.15, -0.1) is 10.2 Å². The van der Waals surface area contributed by atoms with Crippen molar-refractivity contribution in [2.75, 3.05) is 0 Å². The maximum atomic E-state index is 5.73. The van der Waals surface area contributed by atoms with E-state index < -0.39 is 0 Å². The van der Waals surface area contributed by atoms with Gasteiger partial charge in [0, 0.05) is 9.92 Å². The summed E-state index contributed by atoms with van der Waals surface area (Å²) in [6.07, 6.45) is 0. The number of H-pyrrole nitrogens is 1. The minimum absolute atomic E-state index is 0.599. The van der Waals surface area contributed by atoms with Crippen LogP contribution in [0.3, 0.4) is 0 Å². The second kappa shape index (κ2) is 3.76. The molecule has 0 aliphatic rings. The number of aromatic nitrogens is 4. The Hall–Kier alpha value is -1.07. The van der Waals surface area contributed by atoms with Gasteiger partial charge < -0.3 is 0 Å². The molecule has 0 aliphatic heterocycles. The lowest BCUT2D eigenvalue weighted by Gasteiger charge is -1.94. The van der Waals surface area contributed by atoms with E-state index in [2.05, 4.69) is 20.6 Å². The SMILES string of the molecule is Clc1ccc(Sc2nn[nH]n2)cc1. The van der Waals surface area contributed by atoms with Crippen LogP contribution >= 0.6 is 23.4 Å². The summed E-state index contributed by atoms with van der Waals surface area (Å²) in [6.45, 7) is 0. The van der Waals surface area contributed by atoms with Gasteiger partial charge in [-0.05, 0) is 41.2 Å². The van der Waals surface area contributed by atoms with Crippen LogP contribution in [-0.2, 0) is 0 Å². The third-order valence-electron chi connectivity index (χ3n) is 1.35.